The molecule has 47 heavy (non-hydrogen) atoms. The van der Waals surface area contributed by atoms with E-state index in [0.717, 1.165) is 5.69 Å². The molecule has 1 fully saturated rings. The van der Waals surface area contributed by atoms with Crippen molar-refractivity contribution in [3.05, 3.63) is 89.4 Å². The number of carbonyl (C=O) groups excluding carboxylic acids is 1. The zero-order valence-corrected chi connectivity index (χ0v) is 27.4. The van der Waals surface area contributed by atoms with Gasteiger partial charge < -0.3 is 25.4 Å². The number of rotatable bonds is 13. The second-order valence-electron chi connectivity index (χ2n) is 11.0. The first kappa shape index (κ1) is 33.7. The smallest absolute Gasteiger partial charge is 0.248 e. The van der Waals surface area contributed by atoms with Gasteiger partial charge in [0.25, 0.3) is 0 Å². The first-order valence-corrected chi connectivity index (χ1v) is 17.4. The monoisotopic (exact) mass is 674 g/mol. The van der Waals surface area contributed by atoms with Crippen molar-refractivity contribution in [3.63, 3.8) is 0 Å². The zero-order chi connectivity index (χ0) is 33.2. The molecule has 0 unspecified atom stereocenters. The molecule has 2 aromatic heterocycles. The van der Waals surface area contributed by atoms with Gasteiger partial charge in [-0.25, -0.2) is 8.42 Å². The van der Waals surface area contributed by atoms with Crippen LogP contribution in [0.5, 0.6) is 11.5 Å². The van der Waals surface area contributed by atoms with E-state index in [1.807, 2.05) is 25.1 Å². The minimum atomic E-state index is -2.89. The van der Waals surface area contributed by atoms with Gasteiger partial charge in [0.05, 0.1) is 51.3 Å². The van der Waals surface area contributed by atoms with E-state index in [0.29, 0.717) is 88.5 Å². The van der Waals surface area contributed by atoms with Crippen LogP contribution in [0, 0.1) is 17.2 Å². The molecule has 4 aromatic rings. The molecule has 0 spiro atoms. The predicted molar refractivity (Wildman–Crippen MR) is 183 cm³/mol. The number of hydrogen-bond acceptors (Lipinski definition) is 10. The van der Waals surface area contributed by atoms with Crippen LogP contribution in [0.2, 0.25) is 5.02 Å². The quantitative estimate of drug-likeness (QED) is 0.117. The lowest BCUT2D eigenvalue weighted by atomic mass is 10.0. The number of amides is 1. The van der Waals surface area contributed by atoms with E-state index in [1.54, 1.807) is 42.6 Å². The normalized spacial score (nSPS) is 14.5. The molecule has 0 atom stereocenters. The topological polar surface area (TPSA) is 155 Å². The lowest BCUT2D eigenvalue weighted by Gasteiger charge is -2.21. The molecule has 1 aliphatic rings. The van der Waals surface area contributed by atoms with Crippen LogP contribution < -0.4 is 25.4 Å². The van der Waals surface area contributed by atoms with Gasteiger partial charge in [0.1, 0.15) is 34.0 Å². The molecular formula is C34H35ClN6O5S. The van der Waals surface area contributed by atoms with Crippen LogP contribution >= 0.6 is 11.6 Å². The highest BCUT2D eigenvalue weighted by atomic mass is 35.5. The van der Waals surface area contributed by atoms with Crippen LogP contribution in [0.15, 0.2) is 73.1 Å². The Morgan fingerprint density at radius 3 is 2.66 bits per heavy atom. The standard InChI is InChI=1S/C34H35ClN6O5S/c1-2-45-32-18-29-27(17-30(32)41-33(42)7-5-12-37-20-23-10-14-47(43,44)15-11-23)34(24(19-36)21-39-29)40-25-8-9-31(28(35)16-25)46-22-26-6-3-4-13-38-26/h3-9,13,16-18,21,23,37H,2,10-12,14-15,20,22H2,1H3,(H,39,40)(H,41,42)/b7-5+. The molecule has 0 aliphatic carbocycles. The second-order valence-corrected chi connectivity index (χ2v) is 13.7. The number of halogens is 1. The number of hydrogen-bond donors (Lipinski definition) is 3. The third kappa shape index (κ3) is 9.19. The van der Waals surface area contributed by atoms with E-state index in [9.17, 15) is 18.5 Å². The van der Waals surface area contributed by atoms with Crippen molar-refractivity contribution >= 4 is 55.3 Å². The summed E-state index contributed by atoms with van der Waals surface area (Å²) in [4.78, 5) is 21.6. The highest BCUT2D eigenvalue weighted by Gasteiger charge is 2.23. The van der Waals surface area contributed by atoms with E-state index >= 15 is 0 Å². The van der Waals surface area contributed by atoms with E-state index in [1.165, 1.54) is 12.3 Å². The maximum Gasteiger partial charge on any atom is 0.248 e. The Labute approximate surface area is 278 Å². The molecule has 5 rings (SSSR count). The van der Waals surface area contributed by atoms with Crippen molar-refractivity contribution in [2.75, 3.05) is 41.8 Å². The van der Waals surface area contributed by atoms with Crippen molar-refractivity contribution in [2.24, 2.45) is 5.92 Å². The molecule has 0 saturated carbocycles. The van der Waals surface area contributed by atoms with Crippen LogP contribution in [0.4, 0.5) is 17.1 Å². The SMILES string of the molecule is CCOc1cc2ncc(C#N)c(Nc3ccc(OCc4ccccn4)c(Cl)c3)c2cc1NC(=O)/C=C/CNCC1CCS(=O)(=O)CC1. The summed E-state index contributed by atoms with van der Waals surface area (Å²) in [5.74, 6) is 1.34. The van der Waals surface area contributed by atoms with Gasteiger partial charge in [0.15, 0.2) is 0 Å². The number of nitrogens with zero attached hydrogens (tertiary/aromatic N) is 3. The van der Waals surface area contributed by atoms with Gasteiger partial charge in [0.2, 0.25) is 5.91 Å². The number of nitriles is 1. The molecule has 11 nitrogen and oxygen atoms in total. The van der Waals surface area contributed by atoms with Crippen molar-refractivity contribution in [1.29, 1.82) is 5.26 Å². The third-order valence-electron chi connectivity index (χ3n) is 7.59. The minimum absolute atomic E-state index is 0.233. The molecule has 244 valence electrons. The van der Waals surface area contributed by atoms with Gasteiger partial charge in [-0.1, -0.05) is 23.7 Å². The molecule has 0 bridgehead atoms. The average molecular weight is 675 g/mol. The second kappa shape index (κ2) is 15.7. The predicted octanol–water partition coefficient (Wildman–Crippen LogP) is 5.79. The Kier molecular flexibility index (Phi) is 11.3. The molecule has 3 N–H and O–H groups in total. The van der Waals surface area contributed by atoms with Crippen LogP contribution in [0.3, 0.4) is 0 Å². The molecule has 1 aliphatic heterocycles. The summed E-state index contributed by atoms with van der Waals surface area (Å²) in [5, 5.41) is 20.3. The number of fused-ring (bicyclic) bond motifs is 1. The molecule has 3 heterocycles. The number of aromatic nitrogens is 2. The van der Waals surface area contributed by atoms with Gasteiger partial charge in [-0.2, -0.15) is 5.26 Å². The Morgan fingerprint density at radius 1 is 1.11 bits per heavy atom. The van der Waals surface area contributed by atoms with Gasteiger partial charge in [-0.05, 0) is 68.6 Å². The van der Waals surface area contributed by atoms with Crippen molar-refractivity contribution < 1.29 is 22.7 Å². The Hall–Kier alpha value is -4.70. The van der Waals surface area contributed by atoms with E-state index in [4.69, 9.17) is 21.1 Å². The Balaban J connectivity index is 1.30. The fraction of sp³-hybridized carbons (Fsp3) is 0.294. The fourth-order valence-electron chi connectivity index (χ4n) is 5.14. The number of nitrogens with one attached hydrogen (secondary N) is 3. The molecule has 0 radical (unpaired) electrons. The van der Waals surface area contributed by atoms with Crippen molar-refractivity contribution in [2.45, 2.75) is 26.4 Å². The summed E-state index contributed by atoms with van der Waals surface area (Å²) in [7, 11) is -2.89. The lowest BCUT2D eigenvalue weighted by Crippen LogP contribution is -2.31. The third-order valence-corrected chi connectivity index (χ3v) is 9.60. The number of benzene rings is 2. The van der Waals surface area contributed by atoms with Crippen LogP contribution in [0.1, 0.15) is 31.0 Å². The number of sulfone groups is 1. The van der Waals surface area contributed by atoms with Gasteiger partial charge in [0, 0.05) is 42.2 Å². The maximum absolute atomic E-state index is 12.9. The molecular weight excluding hydrogens is 640 g/mol. The highest BCUT2D eigenvalue weighted by Crippen LogP contribution is 2.37. The lowest BCUT2D eigenvalue weighted by molar-refractivity contribution is -0.111. The number of anilines is 3. The summed E-state index contributed by atoms with van der Waals surface area (Å²) in [6, 6.07) is 16.4. The van der Waals surface area contributed by atoms with Crippen LogP contribution in [-0.4, -0.2) is 55.5 Å². The summed E-state index contributed by atoms with van der Waals surface area (Å²) in [5.41, 5.74) is 3.15. The zero-order valence-electron chi connectivity index (χ0n) is 25.8. The summed E-state index contributed by atoms with van der Waals surface area (Å²) in [6.07, 6.45) is 7.63. The summed E-state index contributed by atoms with van der Waals surface area (Å²) >= 11 is 6.54. The Morgan fingerprint density at radius 2 is 1.94 bits per heavy atom. The van der Waals surface area contributed by atoms with Crippen LogP contribution in [-0.2, 0) is 21.2 Å². The molecule has 1 saturated heterocycles. The summed E-state index contributed by atoms with van der Waals surface area (Å²) in [6.45, 7) is 3.63. The maximum atomic E-state index is 12.9. The average Bonchev–Trinajstić information content (AvgIpc) is 3.06. The van der Waals surface area contributed by atoms with E-state index in [-0.39, 0.29) is 24.0 Å². The number of pyridine rings is 2. The van der Waals surface area contributed by atoms with E-state index < -0.39 is 9.84 Å². The molecule has 13 heteroatoms. The number of carbonyl (C=O) groups is 1. The number of ether oxygens (including phenoxy) is 2. The first-order valence-electron chi connectivity index (χ1n) is 15.2. The summed E-state index contributed by atoms with van der Waals surface area (Å²) < 4.78 is 34.9. The van der Waals surface area contributed by atoms with Gasteiger partial charge in [-0.3, -0.25) is 14.8 Å². The van der Waals surface area contributed by atoms with Crippen molar-refractivity contribution in [3.8, 4) is 17.6 Å². The Bertz CT molecular complexity index is 1900. The fourth-order valence-corrected chi connectivity index (χ4v) is 6.97. The first-order chi connectivity index (χ1) is 22.7. The molecule has 2 aromatic carbocycles. The van der Waals surface area contributed by atoms with E-state index in [2.05, 4.69) is 32.0 Å². The highest BCUT2D eigenvalue weighted by molar-refractivity contribution is 7.91. The van der Waals surface area contributed by atoms with Gasteiger partial charge >= 0.3 is 0 Å². The minimum Gasteiger partial charge on any atom is -0.492 e. The van der Waals surface area contributed by atoms with Crippen LogP contribution in [0.25, 0.3) is 10.9 Å². The largest absolute Gasteiger partial charge is 0.492 e. The molecule has 1 amide bonds. The van der Waals surface area contributed by atoms with Gasteiger partial charge in [-0.15, -0.1) is 0 Å². The van der Waals surface area contributed by atoms with Crippen molar-refractivity contribution in [1.82, 2.24) is 15.3 Å².